The molecule has 0 saturated heterocycles. The molecule has 0 radical (unpaired) electrons. The number of hydrogen-bond donors (Lipinski definition) is 0. The number of fused-ring (bicyclic) bond motifs is 1. The quantitative estimate of drug-likeness (QED) is 0.181. The third kappa shape index (κ3) is 5.03. The number of para-hydroxylation sites is 1. The Kier molecular flexibility index (Phi) is 6.19. The highest BCUT2D eigenvalue weighted by Gasteiger charge is 2.08. The Morgan fingerprint density at radius 3 is 2.69 bits per heavy atom. The van der Waals surface area contributed by atoms with Gasteiger partial charge in [-0.1, -0.05) is 23.9 Å². The minimum atomic E-state index is -0.459. The number of aromatic nitrogens is 1. The first-order valence-electron chi connectivity index (χ1n) is 7.99. The summed E-state index contributed by atoms with van der Waals surface area (Å²) in [5, 5.41) is 10.6. The zero-order chi connectivity index (χ0) is 18.4. The Bertz CT molecular complexity index is 876. The molecule has 1 heterocycles. The standard InChI is InChI=1S/C18H16N2O4S2/c21-17(24-12-13-7-9-14(10-8-13)20(22)23)6-3-11-25-18-19-15-4-1-2-5-16(15)26-18/h1-2,4-5,7-10H,3,6,11-12H2. The van der Waals surface area contributed by atoms with Gasteiger partial charge in [-0.15, -0.1) is 11.3 Å². The van der Waals surface area contributed by atoms with Gasteiger partial charge >= 0.3 is 5.97 Å². The summed E-state index contributed by atoms with van der Waals surface area (Å²) in [5.41, 5.74) is 1.75. The average molecular weight is 388 g/mol. The van der Waals surface area contributed by atoms with Crippen molar-refractivity contribution in [2.75, 3.05) is 5.75 Å². The molecule has 0 aliphatic carbocycles. The van der Waals surface area contributed by atoms with E-state index >= 15 is 0 Å². The zero-order valence-corrected chi connectivity index (χ0v) is 15.4. The summed E-state index contributed by atoms with van der Waals surface area (Å²) in [5.74, 6) is 0.528. The first-order chi connectivity index (χ1) is 12.6. The number of nitro groups is 1. The smallest absolute Gasteiger partial charge is 0.306 e. The second-order valence-corrected chi connectivity index (χ2v) is 7.86. The van der Waals surface area contributed by atoms with Gasteiger partial charge < -0.3 is 4.74 Å². The number of rotatable bonds is 8. The van der Waals surface area contributed by atoms with Crippen molar-refractivity contribution in [1.82, 2.24) is 4.98 Å². The normalized spacial score (nSPS) is 10.8. The van der Waals surface area contributed by atoms with E-state index in [4.69, 9.17) is 4.74 Å². The van der Waals surface area contributed by atoms with E-state index in [1.165, 1.54) is 12.1 Å². The van der Waals surface area contributed by atoms with Crippen molar-refractivity contribution in [2.45, 2.75) is 23.8 Å². The number of hydrogen-bond acceptors (Lipinski definition) is 7. The number of benzene rings is 2. The molecular formula is C18H16N2O4S2. The molecule has 2 aromatic carbocycles. The third-order valence-corrected chi connectivity index (χ3v) is 5.84. The molecule has 3 rings (SSSR count). The van der Waals surface area contributed by atoms with E-state index in [1.807, 2.05) is 24.3 Å². The minimum absolute atomic E-state index is 0.0203. The fourth-order valence-corrected chi connectivity index (χ4v) is 4.32. The molecule has 6 nitrogen and oxygen atoms in total. The fraction of sp³-hybridized carbons (Fsp3) is 0.222. The number of thioether (sulfide) groups is 1. The van der Waals surface area contributed by atoms with Crippen LogP contribution in [0, 0.1) is 10.1 Å². The Morgan fingerprint density at radius 2 is 1.96 bits per heavy atom. The molecule has 0 unspecified atom stereocenters. The average Bonchev–Trinajstić information content (AvgIpc) is 3.06. The van der Waals surface area contributed by atoms with E-state index in [1.54, 1.807) is 35.2 Å². The van der Waals surface area contributed by atoms with E-state index < -0.39 is 4.92 Å². The highest BCUT2D eigenvalue weighted by molar-refractivity contribution is 8.01. The molecule has 134 valence electrons. The van der Waals surface area contributed by atoms with Crippen LogP contribution < -0.4 is 0 Å². The lowest BCUT2D eigenvalue weighted by molar-refractivity contribution is -0.384. The van der Waals surface area contributed by atoms with Gasteiger partial charge in [-0.2, -0.15) is 0 Å². The molecule has 0 fully saturated rings. The highest BCUT2D eigenvalue weighted by Crippen LogP contribution is 2.29. The number of carbonyl (C=O) groups excluding carboxylic acids is 1. The summed E-state index contributed by atoms with van der Waals surface area (Å²) in [7, 11) is 0. The molecule has 0 amide bonds. The Hall–Kier alpha value is -2.45. The lowest BCUT2D eigenvalue weighted by Gasteiger charge is -2.04. The number of carbonyl (C=O) groups is 1. The maximum absolute atomic E-state index is 11.8. The molecule has 0 N–H and O–H groups in total. The molecule has 0 aliphatic rings. The first-order valence-corrected chi connectivity index (χ1v) is 9.79. The van der Waals surface area contributed by atoms with Gasteiger partial charge in [-0.25, -0.2) is 4.98 Å². The van der Waals surface area contributed by atoms with E-state index in [0.717, 1.165) is 25.9 Å². The first kappa shape index (κ1) is 18.3. The Labute approximate surface area is 158 Å². The van der Waals surface area contributed by atoms with Crippen LogP contribution in [0.15, 0.2) is 52.9 Å². The van der Waals surface area contributed by atoms with E-state index in [-0.39, 0.29) is 18.3 Å². The summed E-state index contributed by atoms with van der Waals surface area (Å²) in [6, 6.07) is 14.0. The topological polar surface area (TPSA) is 82.3 Å². The monoisotopic (exact) mass is 388 g/mol. The van der Waals surface area contributed by atoms with E-state index in [2.05, 4.69) is 4.98 Å². The summed E-state index contributed by atoms with van der Waals surface area (Å²) in [6.07, 6.45) is 1.05. The second kappa shape index (κ2) is 8.77. The van der Waals surface area contributed by atoms with Crippen molar-refractivity contribution in [2.24, 2.45) is 0 Å². The SMILES string of the molecule is O=C(CCCSc1nc2ccccc2s1)OCc1ccc([N+](=O)[O-])cc1. The molecule has 8 heteroatoms. The van der Waals surface area contributed by atoms with Gasteiger partial charge in [0.05, 0.1) is 15.1 Å². The maximum Gasteiger partial charge on any atom is 0.306 e. The van der Waals surface area contributed by atoms with Gasteiger partial charge in [0.25, 0.3) is 5.69 Å². The molecule has 3 aromatic rings. The van der Waals surface area contributed by atoms with Crippen molar-refractivity contribution < 1.29 is 14.5 Å². The Morgan fingerprint density at radius 1 is 1.19 bits per heavy atom. The van der Waals surface area contributed by atoms with Gasteiger partial charge in [0, 0.05) is 24.3 Å². The molecule has 0 spiro atoms. The molecule has 0 saturated carbocycles. The van der Waals surface area contributed by atoms with E-state index in [9.17, 15) is 14.9 Å². The number of nitro benzene ring substituents is 1. The van der Waals surface area contributed by atoms with Crippen molar-refractivity contribution in [3.63, 3.8) is 0 Å². The summed E-state index contributed by atoms with van der Waals surface area (Å²) >= 11 is 3.30. The largest absolute Gasteiger partial charge is 0.461 e. The molecule has 0 bridgehead atoms. The van der Waals surface area contributed by atoms with Gasteiger partial charge in [0.2, 0.25) is 0 Å². The number of ether oxygens (including phenoxy) is 1. The second-order valence-electron chi connectivity index (χ2n) is 5.48. The summed E-state index contributed by atoms with van der Waals surface area (Å²) in [6.45, 7) is 0.127. The predicted molar refractivity (Wildman–Crippen MR) is 102 cm³/mol. The molecule has 0 aliphatic heterocycles. The third-order valence-electron chi connectivity index (χ3n) is 3.57. The van der Waals surface area contributed by atoms with Crippen molar-refractivity contribution >= 4 is 45.0 Å². The van der Waals surface area contributed by atoms with Gasteiger partial charge in [-0.3, -0.25) is 14.9 Å². The zero-order valence-electron chi connectivity index (χ0n) is 13.8. The molecule has 0 atom stereocenters. The van der Waals surface area contributed by atoms with Crippen LogP contribution in [0.25, 0.3) is 10.2 Å². The van der Waals surface area contributed by atoms with Crippen LogP contribution in [0.5, 0.6) is 0 Å². The number of thiazole rings is 1. The van der Waals surface area contributed by atoms with Crippen LogP contribution in [0.2, 0.25) is 0 Å². The van der Waals surface area contributed by atoms with Crippen LogP contribution in [-0.2, 0) is 16.1 Å². The molecular weight excluding hydrogens is 372 g/mol. The fourth-order valence-electron chi connectivity index (χ4n) is 2.24. The van der Waals surface area contributed by atoms with E-state index in [0.29, 0.717) is 12.8 Å². The van der Waals surface area contributed by atoms with Crippen LogP contribution in [0.4, 0.5) is 5.69 Å². The van der Waals surface area contributed by atoms with Crippen molar-refractivity contribution in [3.8, 4) is 0 Å². The van der Waals surface area contributed by atoms with Crippen molar-refractivity contribution in [1.29, 1.82) is 0 Å². The molecule has 26 heavy (non-hydrogen) atoms. The van der Waals surface area contributed by atoms with Gasteiger partial charge in [0.1, 0.15) is 6.61 Å². The number of esters is 1. The van der Waals surface area contributed by atoms with Crippen LogP contribution in [-0.4, -0.2) is 21.6 Å². The minimum Gasteiger partial charge on any atom is -0.461 e. The van der Waals surface area contributed by atoms with Gasteiger partial charge in [-0.05, 0) is 36.2 Å². The lowest BCUT2D eigenvalue weighted by atomic mass is 10.2. The number of nitrogens with zero attached hydrogens (tertiary/aromatic N) is 2. The predicted octanol–water partition coefficient (Wildman–Crippen LogP) is 4.82. The molecule has 1 aromatic heterocycles. The Balaban J connectivity index is 1.36. The van der Waals surface area contributed by atoms with Crippen LogP contribution >= 0.6 is 23.1 Å². The van der Waals surface area contributed by atoms with Crippen LogP contribution in [0.1, 0.15) is 18.4 Å². The lowest BCUT2D eigenvalue weighted by Crippen LogP contribution is -2.04. The van der Waals surface area contributed by atoms with Crippen LogP contribution in [0.3, 0.4) is 0 Å². The van der Waals surface area contributed by atoms with Gasteiger partial charge in [0.15, 0.2) is 4.34 Å². The van der Waals surface area contributed by atoms with Crippen molar-refractivity contribution in [3.05, 3.63) is 64.2 Å². The summed E-state index contributed by atoms with van der Waals surface area (Å²) in [4.78, 5) is 26.5. The summed E-state index contributed by atoms with van der Waals surface area (Å²) < 4.78 is 7.37. The maximum atomic E-state index is 11.8. The number of non-ortho nitro benzene ring substituents is 1. The highest BCUT2D eigenvalue weighted by atomic mass is 32.2.